The Bertz CT molecular complexity index is 729. The number of fused-ring (bicyclic) bond motifs is 1. The minimum absolute atomic E-state index is 0.164. The lowest BCUT2D eigenvalue weighted by atomic mass is 10.1. The molecule has 1 heterocycles. The molecule has 0 saturated carbocycles. The normalized spacial score (nSPS) is 17.0. The Hall–Kier alpha value is -2.30. The molecule has 0 N–H and O–H groups in total. The van der Waals surface area contributed by atoms with Gasteiger partial charge in [0.25, 0.3) is 5.91 Å². The van der Waals surface area contributed by atoms with E-state index < -0.39 is 28.9 Å². The van der Waals surface area contributed by atoms with Crippen LogP contribution in [0, 0.1) is 17.5 Å². The maximum Gasteiger partial charge on any atom is 0.261 e. The maximum absolute atomic E-state index is 13.8. The van der Waals surface area contributed by atoms with Gasteiger partial charge in [0.05, 0.1) is 5.56 Å². The molecule has 0 saturated heterocycles. The molecule has 0 spiro atoms. The summed E-state index contributed by atoms with van der Waals surface area (Å²) in [5.41, 5.74) is 1.19. The van der Waals surface area contributed by atoms with Crippen LogP contribution in [-0.4, -0.2) is 11.9 Å². The van der Waals surface area contributed by atoms with Crippen LogP contribution in [0.1, 0.15) is 22.8 Å². The lowest BCUT2D eigenvalue weighted by molar-refractivity contribution is 0.0976. The van der Waals surface area contributed by atoms with Gasteiger partial charge in [-0.1, -0.05) is 18.2 Å². The minimum Gasteiger partial charge on any atom is -0.305 e. The zero-order valence-electron chi connectivity index (χ0n) is 11.2. The number of hydrogen-bond donors (Lipinski definition) is 0. The Kier molecular flexibility index (Phi) is 3.20. The van der Waals surface area contributed by atoms with E-state index in [1.807, 2.05) is 19.1 Å². The number of nitrogens with zero attached hydrogens (tertiary/aromatic N) is 1. The van der Waals surface area contributed by atoms with Crippen molar-refractivity contribution < 1.29 is 18.0 Å². The molecule has 2 nitrogen and oxygen atoms in total. The third-order valence-corrected chi connectivity index (χ3v) is 3.69. The second-order valence-corrected chi connectivity index (χ2v) is 5.08. The van der Waals surface area contributed by atoms with Crippen molar-refractivity contribution >= 4 is 11.6 Å². The van der Waals surface area contributed by atoms with Crippen LogP contribution in [0.3, 0.4) is 0 Å². The van der Waals surface area contributed by atoms with Crippen LogP contribution in [0.25, 0.3) is 0 Å². The van der Waals surface area contributed by atoms with Crippen LogP contribution >= 0.6 is 0 Å². The Morgan fingerprint density at radius 3 is 2.57 bits per heavy atom. The number of para-hydroxylation sites is 1. The fourth-order valence-electron chi connectivity index (χ4n) is 2.70. The second-order valence-electron chi connectivity index (χ2n) is 5.08. The summed E-state index contributed by atoms with van der Waals surface area (Å²) in [6, 6.07) is 8.86. The molecule has 0 aromatic heterocycles. The molecular weight excluding hydrogens is 279 g/mol. The molecule has 0 fully saturated rings. The molecule has 1 amide bonds. The molecule has 21 heavy (non-hydrogen) atoms. The van der Waals surface area contributed by atoms with Crippen molar-refractivity contribution in [3.8, 4) is 0 Å². The van der Waals surface area contributed by atoms with Crippen LogP contribution < -0.4 is 4.90 Å². The van der Waals surface area contributed by atoms with E-state index in [1.165, 1.54) is 4.90 Å². The molecule has 2 aromatic rings. The minimum atomic E-state index is -1.62. The lowest BCUT2D eigenvalue weighted by Gasteiger charge is -2.23. The second kappa shape index (κ2) is 4.91. The Labute approximate surface area is 119 Å². The van der Waals surface area contributed by atoms with Gasteiger partial charge in [-0.2, -0.15) is 0 Å². The van der Waals surface area contributed by atoms with Crippen molar-refractivity contribution in [2.24, 2.45) is 0 Å². The van der Waals surface area contributed by atoms with Crippen molar-refractivity contribution in [3.63, 3.8) is 0 Å². The summed E-state index contributed by atoms with van der Waals surface area (Å²) in [5.74, 6) is -5.04. The molecule has 0 bridgehead atoms. The highest BCUT2D eigenvalue weighted by Gasteiger charge is 2.33. The van der Waals surface area contributed by atoms with E-state index in [0.29, 0.717) is 12.1 Å². The Morgan fingerprint density at radius 1 is 1.10 bits per heavy atom. The average Bonchev–Trinajstić information content (AvgIpc) is 2.80. The van der Waals surface area contributed by atoms with E-state index in [-0.39, 0.29) is 6.04 Å². The van der Waals surface area contributed by atoms with Crippen molar-refractivity contribution in [3.05, 3.63) is 65.0 Å². The van der Waals surface area contributed by atoms with E-state index in [0.717, 1.165) is 17.7 Å². The smallest absolute Gasteiger partial charge is 0.261 e. The van der Waals surface area contributed by atoms with Crippen LogP contribution in [0.4, 0.5) is 18.9 Å². The highest BCUT2D eigenvalue weighted by atomic mass is 19.2. The van der Waals surface area contributed by atoms with E-state index in [1.54, 1.807) is 12.1 Å². The molecule has 3 rings (SSSR count). The Morgan fingerprint density at radius 2 is 1.81 bits per heavy atom. The van der Waals surface area contributed by atoms with Gasteiger partial charge in [-0.25, -0.2) is 13.2 Å². The summed E-state index contributed by atoms with van der Waals surface area (Å²) < 4.78 is 40.1. The first-order chi connectivity index (χ1) is 10.0. The molecule has 0 radical (unpaired) electrons. The van der Waals surface area contributed by atoms with E-state index >= 15 is 0 Å². The Balaban J connectivity index is 2.06. The monoisotopic (exact) mass is 291 g/mol. The fourth-order valence-corrected chi connectivity index (χ4v) is 2.70. The molecule has 1 atom stereocenters. The van der Waals surface area contributed by atoms with Gasteiger partial charge in [-0.05, 0) is 37.1 Å². The van der Waals surface area contributed by atoms with Crippen molar-refractivity contribution in [2.75, 3.05) is 4.90 Å². The predicted octanol–water partition coefficient (Wildman–Crippen LogP) is 3.70. The van der Waals surface area contributed by atoms with Crippen molar-refractivity contribution in [1.29, 1.82) is 0 Å². The van der Waals surface area contributed by atoms with Gasteiger partial charge in [0.15, 0.2) is 17.5 Å². The number of benzene rings is 2. The number of rotatable bonds is 1. The highest BCUT2D eigenvalue weighted by molar-refractivity contribution is 6.07. The van der Waals surface area contributed by atoms with E-state index in [2.05, 4.69) is 0 Å². The van der Waals surface area contributed by atoms with Crippen LogP contribution in [-0.2, 0) is 6.42 Å². The summed E-state index contributed by atoms with van der Waals surface area (Å²) in [6.07, 6.45) is 0.646. The van der Waals surface area contributed by atoms with Crippen molar-refractivity contribution in [2.45, 2.75) is 19.4 Å². The van der Waals surface area contributed by atoms with Gasteiger partial charge >= 0.3 is 0 Å². The molecule has 108 valence electrons. The molecule has 1 aliphatic rings. The third kappa shape index (κ3) is 2.09. The van der Waals surface area contributed by atoms with Crippen LogP contribution in [0.15, 0.2) is 36.4 Å². The van der Waals surface area contributed by atoms with Gasteiger partial charge in [0.1, 0.15) is 0 Å². The third-order valence-electron chi connectivity index (χ3n) is 3.69. The van der Waals surface area contributed by atoms with Gasteiger partial charge in [0.2, 0.25) is 0 Å². The first kappa shape index (κ1) is 13.7. The number of amides is 1. The quantitative estimate of drug-likeness (QED) is 0.734. The maximum atomic E-state index is 13.8. The first-order valence-electron chi connectivity index (χ1n) is 6.55. The number of halogens is 3. The number of anilines is 1. The van der Waals surface area contributed by atoms with Gasteiger partial charge in [0, 0.05) is 11.7 Å². The predicted molar refractivity (Wildman–Crippen MR) is 72.7 cm³/mol. The molecule has 0 aliphatic carbocycles. The standard InChI is InChI=1S/C16H12F3NO/c1-9-8-10-4-2-3-5-13(10)20(9)16(21)11-6-7-12(17)15(19)14(11)18/h2-7,9H,8H2,1H3. The first-order valence-corrected chi connectivity index (χ1v) is 6.55. The average molecular weight is 291 g/mol. The molecule has 5 heteroatoms. The topological polar surface area (TPSA) is 20.3 Å². The summed E-state index contributed by atoms with van der Waals surface area (Å²) >= 11 is 0. The van der Waals surface area contributed by atoms with E-state index in [4.69, 9.17) is 0 Å². The number of hydrogen-bond acceptors (Lipinski definition) is 1. The van der Waals surface area contributed by atoms with Gasteiger partial charge in [-0.3, -0.25) is 4.79 Å². The summed E-state index contributed by atoms with van der Waals surface area (Å²) in [5, 5.41) is 0. The van der Waals surface area contributed by atoms with E-state index in [9.17, 15) is 18.0 Å². The SMILES string of the molecule is CC1Cc2ccccc2N1C(=O)c1ccc(F)c(F)c1F. The molecular formula is C16H12F3NO. The largest absolute Gasteiger partial charge is 0.305 e. The fraction of sp³-hybridized carbons (Fsp3) is 0.188. The summed E-state index contributed by atoms with van der Waals surface area (Å²) in [7, 11) is 0. The number of carbonyl (C=O) groups is 1. The highest BCUT2D eigenvalue weighted by Crippen LogP contribution is 2.33. The van der Waals surface area contributed by atoms with Gasteiger partial charge < -0.3 is 4.90 Å². The lowest BCUT2D eigenvalue weighted by Crippen LogP contribution is -2.36. The van der Waals surface area contributed by atoms with Crippen LogP contribution in [0.2, 0.25) is 0 Å². The molecule has 1 aliphatic heterocycles. The van der Waals surface area contributed by atoms with Crippen molar-refractivity contribution in [1.82, 2.24) is 0 Å². The zero-order valence-corrected chi connectivity index (χ0v) is 11.2. The number of carbonyl (C=O) groups excluding carboxylic acids is 1. The summed E-state index contributed by atoms with van der Waals surface area (Å²) in [4.78, 5) is 13.9. The molecule has 1 unspecified atom stereocenters. The molecule has 2 aromatic carbocycles. The van der Waals surface area contributed by atoms with Gasteiger partial charge in [-0.15, -0.1) is 0 Å². The zero-order chi connectivity index (χ0) is 15.1. The van der Waals surface area contributed by atoms with Crippen LogP contribution in [0.5, 0.6) is 0 Å². The summed E-state index contributed by atoms with van der Waals surface area (Å²) in [6.45, 7) is 1.83.